The van der Waals surface area contributed by atoms with Crippen molar-refractivity contribution in [1.82, 2.24) is 4.31 Å². The predicted molar refractivity (Wildman–Crippen MR) is 53.0 cm³/mol. The summed E-state index contributed by atoms with van der Waals surface area (Å²) in [5.41, 5.74) is 0. The number of hydrogen-bond acceptors (Lipinski definition) is 3. The summed E-state index contributed by atoms with van der Waals surface area (Å²) in [4.78, 5) is 0. The molecule has 0 aromatic heterocycles. The maximum absolute atomic E-state index is 11.6. The van der Waals surface area contributed by atoms with E-state index in [9.17, 15) is 8.42 Å². The Bertz CT molecular complexity index is 238. The summed E-state index contributed by atoms with van der Waals surface area (Å²) in [5, 5.41) is 8.05. The minimum atomic E-state index is -3.32. The van der Waals surface area contributed by atoms with Crippen LogP contribution in [-0.4, -0.2) is 42.8 Å². The molecule has 0 saturated heterocycles. The molecule has 0 aliphatic rings. The van der Waals surface area contributed by atoms with Gasteiger partial charge in [-0.05, 0) is 20.3 Å². The average Bonchev–Trinajstić information content (AvgIpc) is 2.13. The minimum absolute atomic E-state index is 0.0148. The molecular weight excluding hydrogens is 190 g/mol. The molecule has 0 aliphatic carbocycles. The van der Waals surface area contributed by atoms with Crippen LogP contribution in [0.4, 0.5) is 0 Å². The van der Waals surface area contributed by atoms with E-state index in [0.717, 1.165) is 6.42 Å². The highest BCUT2D eigenvalue weighted by molar-refractivity contribution is 7.89. The second-order valence-corrected chi connectivity index (χ2v) is 5.72. The second-order valence-electron chi connectivity index (χ2n) is 3.31. The summed E-state index contributed by atoms with van der Waals surface area (Å²) in [6, 6.07) is -0.0148. The molecule has 0 radical (unpaired) electrons. The van der Waals surface area contributed by atoms with Crippen molar-refractivity contribution < 1.29 is 13.5 Å². The van der Waals surface area contributed by atoms with Gasteiger partial charge in [0, 0.05) is 13.1 Å². The normalized spacial score (nSPS) is 17.4. The van der Waals surface area contributed by atoms with Crippen LogP contribution in [0.3, 0.4) is 0 Å². The van der Waals surface area contributed by atoms with E-state index in [1.807, 2.05) is 13.8 Å². The van der Waals surface area contributed by atoms with Crippen LogP contribution in [0.1, 0.15) is 27.2 Å². The van der Waals surface area contributed by atoms with Gasteiger partial charge in [-0.25, -0.2) is 12.7 Å². The Hall–Kier alpha value is -0.130. The molecule has 4 nitrogen and oxygen atoms in total. The van der Waals surface area contributed by atoms with Gasteiger partial charge < -0.3 is 5.11 Å². The Morgan fingerprint density at radius 1 is 1.38 bits per heavy atom. The van der Waals surface area contributed by atoms with Crippen LogP contribution in [0.2, 0.25) is 0 Å². The van der Waals surface area contributed by atoms with E-state index in [0.29, 0.717) is 0 Å². The summed E-state index contributed by atoms with van der Waals surface area (Å²) in [7, 11) is -1.77. The number of aliphatic hydroxyl groups excluding tert-OH is 1. The van der Waals surface area contributed by atoms with Gasteiger partial charge in [0.1, 0.15) is 0 Å². The van der Waals surface area contributed by atoms with Crippen molar-refractivity contribution in [2.45, 2.75) is 38.5 Å². The molecule has 5 heteroatoms. The van der Waals surface area contributed by atoms with Crippen LogP contribution in [0, 0.1) is 0 Å². The van der Waals surface area contributed by atoms with Crippen LogP contribution in [0.15, 0.2) is 0 Å². The summed E-state index contributed by atoms with van der Waals surface area (Å²) < 4.78 is 24.6. The maximum atomic E-state index is 11.6. The van der Waals surface area contributed by atoms with Gasteiger partial charge in [-0.1, -0.05) is 6.92 Å². The summed E-state index contributed by atoms with van der Waals surface area (Å²) in [6.45, 7) is 4.96. The first-order valence-corrected chi connectivity index (χ1v) is 5.95. The first-order valence-electron chi connectivity index (χ1n) is 4.45. The van der Waals surface area contributed by atoms with Gasteiger partial charge in [-0.2, -0.15) is 0 Å². The first-order chi connectivity index (χ1) is 5.87. The molecule has 0 fully saturated rings. The molecule has 0 amide bonds. The second kappa shape index (κ2) is 4.93. The van der Waals surface area contributed by atoms with Gasteiger partial charge >= 0.3 is 0 Å². The van der Waals surface area contributed by atoms with E-state index in [1.54, 1.807) is 7.05 Å². The van der Waals surface area contributed by atoms with Crippen LogP contribution in [-0.2, 0) is 10.0 Å². The summed E-state index contributed by atoms with van der Waals surface area (Å²) >= 11 is 0. The maximum Gasteiger partial charge on any atom is 0.218 e. The number of rotatable bonds is 5. The Labute approximate surface area is 80.6 Å². The quantitative estimate of drug-likeness (QED) is 0.714. The number of sulfonamides is 1. The Balaban J connectivity index is 4.64. The third kappa shape index (κ3) is 2.93. The Morgan fingerprint density at radius 2 is 1.85 bits per heavy atom. The molecule has 2 atom stereocenters. The van der Waals surface area contributed by atoms with E-state index >= 15 is 0 Å². The molecule has 0 spiro atoms. The molecule has 80 valence electrons. The molecule has 0 bridgehead atoms. The van der Waals surface area contributed by atoms with Crippen LogP contribution < -0.4 is 0 Å². The monoisotopic (exact) mass is 209 g/mol. The van der Waals surface area contributed by atoms with Crippen molar-refractivity contribution in [3.8, 4) is 0 Å². The fourth-order valence-corrected chi connectivity index (χ4v) is 2.29. The van der Waals surface area contributed by atoms with E-state index in [1.165, 1.54) is 11.2 Å². The molecule has 13 heavy (non-hydrogen) atoms. The smallest absolute Gasteiger partial charge is 0.218 e. The van der Waals surface area contributed by atoms with Crippen LogP contribution >= 0.6 is 0 Å². The minimum Gasteiger partial charge on any atom is -0.395 e. The summed E-state index contributed by atoms with van der Waals surface area (Å²) in [6.07, 6.45) is 0.772. The van der Waals surface area contributed by atoms with Gasteiger partial charge in [0.25, 0.3) is 0 Å². The third-order valence-corrected chi connectivity index (χ3v) is 4.71. The topological polar surface area (TPSA) is 57.6 Å². The zero-order valence-electron chi connectivity index (χ0n) is 8.69. The Kier molecular flexibility index (Phi) is 4.88. The van der Waals surface area contributed by atoms with Crippen molar-refractivity contribution in [3.63, 3.8) is 0 Å². The SMILES string of the molecule is CCC(C)N(C)S(=O)(=O)C(C)CO. The van der Waals surface area contributed by atoms with Crippen LogP contribution in [0.5, 0.6) is 0 Å². The highest BCUT2D eigenvalue weighted by Crippen LogP contribution is 2.11. The predicted octanol–water partition coefficient (Wildman–Crippen LogP) is 0.427. The van der Waals surface area contributed by atoms with Crippen molar-refractivity contribution in [2.24, 2.45) is 0 Å². The first kappa shape index (κ1) is 12.9. The molecule has 0 saturated carbocycles. The van der Waals surface area contributed by atoms with E-state index < -0.39 is 15.3 Å². The van der Waals surface area contributed by atoms with Gasteiger partial charge in [0.2, 0.25) is 10.0 Å². The fraction of sp³-hybridized carbons (Fsp3) is 1.00. The lowest BCUT2D eigenvalue weighted by atomic mass is 10.3. The highest BCUT2D eigenvalue weighted by Gasteiger charge is 2.27. The van der Waals surface area contributed by atoms with Gasteiger partial charge in [-0.15, -0.1) is 0 Å². The fourth-order valence-electron chi connectivity index (χ4n) is 0.886. The molecule has 0 aliphatic heterocycles. The largest absolute Gasteiger partial charge is 0.395 e. The van der Waals surface area contributed by atoms with E-state index in [2.05, 4.69) is 0 Å². The lowest BCUT2D eigenvalue weighted by Gasteiger charge is -2.25. The Morgan fingerprint density at radius 3 is 2.15 bits per heavy atom. The van der Waals surface area contributed by atoms with Crippen molar-refractivity contribution in [1.29, 1.82) is 0 Å². The van der Waals surface area contributed by atoms with E-state index in [-0.39, 0.29) is 12.6 Å². The molecule has 1 N–H and O–H groups in total. The van der Waals surface area contributed by atoms with Gasteiger partial charge in [0.15, 0.2) is 0 Å². The lowest BCUT2D eigenvalue weighted by molar-refractivity contribution is 0.286. The number of aliphatic hydroxyl groups is 1. The third-order valence-electron chi connectivity index (χ3n) is 2.38. The standard InChI is InChI=1S/C8H19NO3S/c1-5-7(2)9(4)13(11,12)8(3)6-10/h7-8,10H,5-6H2,1-4H3. The number of hydrogen-bond donors (Lipinski definition) is 1. The molecule has 0 aromatic carbocycles. The molecule has 0 aromatic rings. The van der Waals surface area contributed by atoms with Crippen molar-refractivity contribution in [3.05, 3.63) is 0 Å². The average molecular weight is 209 g/mol. The molecule has 2 unspecified atom stereocenters. The van der Waals surface area contributed by atoms with Crippen LogP contribution in [0.25, 0.3) is 0 Å². The molecule has 0 rings (SSSR count). The number of nitrogens with zero attached hydrogens (tertiary/aromatic N) is 1. The van der Waals surface area contributed by atoms with Gasteiger partial charge in [0.05, 0.1) is 11.9 Å². The molecule has 0 heterocycles. The lowest BCUT2D eigenvalue weighted by Crippen LogP contribution is -2.41. The highest BCUT2D eigenvalue weighted by atomic mass is 32.2. The van der Waals surface area contributed by atoms with Crippen molar-refractivity contribution in [2.75, 3.05) is 13.7 Å². The van der Waals surface area contributed by atoms with Gasteiger partial charge in [-0.3, -0.25) is 0 Å². The summed E-state index contributed by atoms with van der Waals surface area (Å²) in [5.74, 6) is 0. The van der Waals surface area contributed by atoms with E-state index in [4.69, 9.17) is 5.11 Å². The molecular formula is C8H19NO3S. The van der Waals surface area contributed by atoms with Crippen molar-refractivity contribution >= 4 is 10.0 Å². The zero-order chi connectivity index (χ0) is 10.6. The zero-order valence-corrected chi connectivity index (χ0v) is 9.50.